The van der Waals surface area contributed by atoms with E-state index in [-0.39, 0.29) is 40.9 Å². The second kappa shape index (κ2) is 8.26. The van der Waals surface area contributed by atoms with Crippen molar-refractivity contribution in [2.75, 3.05) is 12.8 Å². The molecule has 17 heteroatoms. The van der Waals surface area contributed by atoms with Gasteiger partial charge in [0.2, 0.25) is 21.7 Å². The number of imidazole rings is 1. The van der Waals surface area contributed by atoms with Gasteiger partial charge in [0.25, 0.3) is 0 Å². The number of carbonyl (C=O) groups excluding carboxylic acids is 2. The van der Waals surface area contributed by atoms with Crippen LogP contribution in [0, 0.1) is 6.92 Å². The van der Waals surface area contributed by atoms with Crippen LogP contribution in [0.25, 0.3) is 17.0 Å². The number of nitrogens with zero attached hydrogens (tertiary/aromatic N) is 5. The number of benzene rings is 1. The minimum atomic E-state index is -5.34. The number of alkyl halides is 3. The summed E-state index contributed by atoms with van der Waals surface area (Å²) in [5.74, 6) is -2.16. The molecule has 3 aliphatic carbocycles. The van der Waals surface area contributed by atoms with E-state index in [1.807, 2.05) is 0 Å². The largest absolute Gasteiger partial charge is 0.493 e. The number of aromatic nitrogens is 4. The zero-order valence-electron chi connectivity index (χ0n) is 19.8. The molecule has 0 aliphatic heterocycles. The Morgan fingerprint density at radius 3 is 2.50 bits per heavy atom. The fourth-order valence-corrected chi connectivity index (χ4v) is 6.38. The Labute approximate surface area is 212 Å². The van der Waals surface area contributed by atoms with Crippen LogP contribution in [0.4, 0.5) is 23.9 Å². The maximum absolute atomic E-state index is 13.2. The van der Waals surface area contributed by atoms with E-state index in [4.69, 9.17) is 5.73 Å². The van der Waals surface area contributed by atoms with Crippen molar-refractivity contribution in [3.05, 3.63) is 36.3 Å². The summed E-state index contributed by atoms with van der Waals surface area (Å²) in [6.07, 6.45) is -4.06. The van der Waals surface area contributed by atoms with Crippen molar-refractivity contribution in [3.63, 3.8) is 0 Å². The Morgan fingerprint density at radius 1 is 1.21 bits per heavy atom. The number of hydrogen-bond donors (Lipinski definition) is 2. The molecule has 202 valence electrons. The number of rotatable bonds is 5. The van der Waals surface area contributed by atoms with Gasteiger partial charge in [0.15, 0.2) is 0 Å². The van der Waals surface area contributed by atoms with Crippen molar-refractivity contribution in [2.45, 2.75) is 48.3 Å². The summed E-state index contributed by atoms with van der Waals surface area (Å²) in [6.45, 7) is 1.77. The third-order valence-corrected chi connectivity index (χ3v) is 8.20. The molecule has 3 N–H and O–H groups in total. The summed E-state index contributed by atoms with van der Waals surface area (Å²) in [4.78, 5) is 39.8. The number of nitrogen functional groups attached to an aromatic ring is 1. The third-order valence-electron chi connectivity index (χ3n) is 6.62. The van der Waals surface area contributed by atoms with Gasteiger partial charge in [-0.3, -0.25) is 4.40 Å². The molecule has 38 heavy (non-hydrogen) atoms. The number of sulfonamides is 1. The highest BCUT2D eigenvalue weighted by Gasteiger charge is 2.74. The molecule has 2 bridgehead atoms. The van der Waals surface area contributed by atoms with E-state index >= 15 is 0 Å². The topological polar surface area (TPSA) is 171 Å². The monoisotopic (exact) mass is 555 g/mol. The summed E-state index contributed by atoms with van der Waals surface area (Å²) in [6, 6.07) is 4.43. The summed E-state index contributed by atoms with van der Waals surface area (Å²) in [7, 11) is -3.19. The van der Waals surface area contributed by atoms with Gasteiger partial charge in [-0.2, -0.15) is 13.2 Å². The van der Waals surface area contributed by atoms with Crippen LogP contribution in [0.2, 0.25) is 0 Å². The SMILES string of the molecule is COC(=O)N(OC(=O)C(F)(F)F)C12CC(NS(=O)(=O)c3ccc(C)c(-c4cn5c(N)ncnc5n4)c3)(C1)C2. The Bertz CT molecular complexity index is 1570. The van der Waals surface area contributed by atoms with Crippen molar-refractivity contribution < 1.29 is 40.8 Å². The number of amides is 1. The lowest BCUT2D eigenvalue weighted by molar-refractivity contribution is -0.294. The van der Waals surface area contributed by atoms with Crippen LogP contribution >= 0.6 is 0 Å². The first-order chi connectivity index (χ1) is 17.7. The lowest BCUT2D eigenvalue weighted by Gasteiger charge is -2.70. The van der Waals surface area contributed by atoms with Crippen molar-refractivity contribution in [2.24, 2.45) is 0 Å². The molecule has 6 rings (SSSR count). The summed E-state index contributed by atoms with van der Waals surface area (Å²) >= 11 is 0. The summed E-state index contributed by atoms with van der Waals surface area (Å²) in [5.41, 5.74) is 5.13. The van der Waals surface area contributed by atoms with Gasteiger partial charge in [-0.05, 0) is 43.9 Å². The lowest BCUT2D eigenvalue weighted by Crippen LogP contribution is -2.84. The Morgan fingerprint density at radius 2 is 1.89 bits per heavy atom. The second-order valence-electron chi connectivity index (χ2n) is 9.29. The molecule has 2 aromatic heterocycles. The molecule has 0 spiro atoms. The van der Waals surface area contributed by atoms with Gasteiger partial charge in [0.05, 0.1) is 23.2 Å². The van der Waals surface area contributed by atoms with Crippen LogP contribution in [0.5, 0.6) is 0 Å². The normalized spacial score (nSPS) is 22.3. The van der Waals surface area contributed by atoms with Gasteiger partial charge in [0, 0.05) is 17.3 Å². The molecule has 0 saturated heterocycles. The minimum Gasteiger partial charge on any atom is -0.451 e. The van der Waals surface area contributed by atoms with Crippen LogP contribution in [0.15, 0.2) is 35.6 Å². The molecular formula is C21H20F3N7O6S. The number of halogens is 3. The van der Waals surface area contributed by atoms with Crippen LogP contribution in [-0.4, -0.2) is 69.3 Å². The first-order valence-electron chi connectivity index (χ1n) is 11.0. The molecule has 0 atom stereocenters. The van der Waals surface area contributed by atoms with E-state index in [1.165, 1.54) is 22.9 Å². The average molecular weight is 555 g/mol. The number of carbonyl (C=O) groups is 2. The molecular weight excluding hydrogens is 535 g/mol. The van der Waals surface area contributed by atoms with Crippen LogP contribution in [-0.2, 0) is 24.4 Å². The van der Waals surface area contributed by atoms with Gasteiger partial charge < -0.3 is 15.3 Å². The molecule has 3 aliphatic rings. The Hall–Kier alpha value is -3.99. The average Bonchev–Trinajstić information content (AvgIpc) is 3.23. The fraction of sp³-hybridized carbons (Fsp3) is 0.381. The third kappa shape index (κ3) is 4.07. The molecule has 13 nitrogen and oxygen atoms in total. The van der Waals surface area contributed by atoms with Crippen molar-refractivity contribution in [1.29, 1.82) is 0 Å². The molecule has 1 amide bonds. The van der Waals surface area contributed by atoms with Crippen LogP contribution in [0.1, 0.15) is 24.8 Å². The molecule has 0 radical (unpaired) electrons. The highest BCUT2D eigenvalue weighted by Crippen LogP contribution is 2.64. The number of hydrogen-bond acceptors (Lipinski definition) is 10. The summed E-state index contributed by atoms with van der Waals surface area (Å²) in [5, 5.41) is 0.237. The molecule has 3 fully saturated rings. The van der Waals surface area contributed by atoms with Gasteiger partial charge in [-0.25, -0.2) is 37.7 Å². The smallest absolute Gasteiger partial charge is 0.451 e. The highest BCUT2D eigenvalue weighted by atomic mass is 32.2. The number of nitrogens with two attached hydrogens (primary N) is 1. The fourth-order valence-electron chi connectivity index (χ4n) is 4.95. The van der Waals surface area contributed by atoms with Crippen molar-refractivity contribution in [1.82, 2.24) is 29.1 Å². The van der Waals surface area contributed by atoms with E-state index in [9.17, 15) is 31.2 Å². The number of fused-ring (bicyclic) bond motifs is 1. The molecule has 0 unspecified atom stereocenters. The quantitative estimate of drug-likeness (QED) is 0.442. The number of hydroxylamine groups is 2. The minimum absolute atomic E-state index is 0.0808. The number of nitrogens with one attached hydrogen (secondary N) is 1. The van der Waals surface area contributed by atoms with Crippen LogP contribution < -0.4 is 10.5 Å². The Balaban J connectivity index is 1.35. The lowest BCUT2D eigenvalue weighted by atomic mass is 9.44. The molecule has 2 heterocycles. The van der Waals surface area contributed by atoms with Gasteiger partial charge in [0.1, 0.15) is 6.33 Å². The zero-order valence-corrected chi connectivity index (χ0v) is 20.6. The van der Waals surface area contributed by atoms with Crippen LogP contribution in [0.3, 0.4) is 0 Å². The predicted molar refractivity (Wildman–Crippen MR) is 121 cm³/mol. The first-order valence-corrected chi connectivity index (χ1v) is 12.4. The van der Waals surface area contributed by atoms with E-state index in [2.05, 4.69) is 29.2 Å². The predicted octanol–water partition coefficient (Wildman–Crippen LogP) is 1.72. The number of aryl methyl sites for hydroxylation is 1. The van der Waals surface area contributed by atoms with Gasteiger partial charge in [-0.15, -0.1) is 5.06 Å². The number of anilines is 1. The number of ether oxygens (including phenoxy) is 1. The summed E-state index contributed by atoms with van der Waals surface area (Å²) < 4.78 is 73.0. The number of methoxy groups -OCH3 is 1. The van der Waals surface area contributed by atoms with E-state index in [1.54, 1.807) is 19.2 Å². The van der Waals surface area contributed by atoms with Crippen molar-refractivity contribution in [3.8, 4) is 11.3 Å². The molecule has 1 aromatic carbocycles. The molecule has 3 aromatic rings. The standard InChI is InChI=1S/C21H20F3N7O6S/c1-11-3-4-12(5-13(11)14-6-30-16(25)26-10-27-17(30)28-14)38(34,35)29-19-7-20(8-19,9-19)31(18(33)36-2)37-15(32)21(22,23)24/h3-6,10,29H,7-9H2,1-2H3,(H2,25,26,27,28). The van der Waals surface area contributed by atoms with E-state index in [0.717, 1.165) is 12.7 Å². The Kier molecular flexibility index (Phi) is 5.57. The molecule has 3 saturated carbocycles. The highest BCUT2D eigenvalue weighted by molar-refractivity contribution is 7.89. The maximum Gasteiger partial charge on any atom is 0.493 e. The van der Waals surface area contributed by atoms with E-state index < -0.39 is 39.3 Å². The van der Waals surface area contributed by atoms with Gasteiger partial charge in [-0.1, -0.05) is 6.07 Å². The van der Waals surface area contributed by atoms with Crippen molar-refractivity contribution >= 4 is 33.8 Å². The zero-order chi connectivity index (χ0) is 27.7. The first kappa shape index (κ1) is 25.7. The van der Waals surface area contributed by atoms with E-state index in [0.29, 0.717) is 11.3 Å². The maximum atomic E-state index is 13.2. The second-order valence-corrected chi connectivity index (χ2v) is 11.0. The van der Waals surface area contributed by atoms with Gasteiger partial charge >= 0.3 is 18.2 Å².